The van der Waals surface area contributed by atoms with Crippen LogP contribution in [0, 0.1) is 0 Å². The van der Waals surface area contributed by atoms with E-state index in [1.54, 1.807) is 6.20 Å². The summed E-state index contributed by atoms with van der Waals surface area (Å²) in [6.07, 6.45) is 1.77. The third-order valence-corrected chi connectivity index (χ3v) is 2.25. The molecule has 2 rings (SSSR count). The van der Waals surface area contributed by atoms with Crippen molar-refractivity contribution in [1.82, 2.24) is 14.6 Å². The van der Waals surface area contributed by atoms with Gasteiger partial charge in [0.15, 0.2) is 5.65 Å². The first-order valence-electron chi connectivity index (χ1n) is 4.76. The van der Waals surface area contributed by atoms with Crippen LogP contribution in [0.25, 0.3) is 5.65 Å². The molecule has 74 valence electrons. The van der Waals surface area contributed by atoms with Crippen molar-refractivity contribution in [1.29, 1.82) is 0 Å². The molecular weight excluding hydrogens is 176 g/mol. The van der Waals surface area contributed by atoms with Gasteiger partial charge in [-0.2, -0.15) is 5.10 Å². The maximum absolute atomic E-state index is 5.59. The van der Waals surface area contributed by atoms with E-state index in [4.69, 9.17) is 5.73 Å². The minimum absolute atomic E-state index is 0.424. The Balaban J connectivity index is 2.61. The van der Waals surface area contributed by atoms with Gasteiger partial charge in [-0.25, -0.2) is 9.50 Å². The van der Waals surface area contributed by atoms with E-state index in [1.807, 2.05) is 16.6 Å². The summed E-state index contributed by atoms with van der Waals surface area (Å²) in [5, 5.41) is 4.48. The summed E-state index contributed by atoms with van der Waals surface area (Å²) in [7, 11) is 0. The standard InChI is InChI=1S/C10H14N4/c1-7(2)9-3-4-10-12-6-8(5-11)14(10)13-9/h3-4,6-7H,5,11H2,1-2H3. The van der Waals surface area contributed by atoms with Gasteiger partial charge in [0, 0.05) is 6.54 Å². The molecule has 0 aliphatic heterocycles. The summed E-state index contributed by atoms with van der Waals surface area (Å²) in [6, 6.07) is 3.98. The minimum Gasteiger partial charge on any atom is -0.325 e. The Morgan fingerprint density at radius 1 is 1.43 bits per heavy atom. The summed E-state index contributed by atoms with van der Waals surface area (Å²) in [6.45, 7) is 4.70. The molecule has 0 aromatic carbocycles. The largest absolute Gasteiger partial charge is 0.325 e. The normalized spacial score (nSPS) is 11.4. The smallest absolute Gasteiger partial charge is 0.153 e. The van der Waals surface area contributed by atoms with Crippen molar-refractivity contribution >= 4 is 5.65 Å². The molecule has 0 spiro atoms. The van der Waals surface area contributed by atoms with Crippen LogP contribution in [-0.4, -0.2) is 14.6 Å². The van der Waals surface area contributed by atoms with Crippen LogP contribution in [0.1, 0.15) is 31.2 Å². The molecule has 0 aliphatic rings. The first-order valence-corrected chi connectivity index (χ1v) is 4.76. The predicted molar refractivity (Wildman–Crippen MR) is 55.0 cm³/mol. The van der Waals surface area contributed by atoms with Gasteiger partial charge < -0.3 is 5.73 Å². The molecule has 2 heterocycles. The van der Waals surface area contributed by atoms with E-state index < -0.39 is 0 Å². The Bertz CT molecular complexity index is 444. The molecule has 2 N–H and O–H groups in total. The molecule has 0 atom stereocenters. The third kappa shape index (κ3) is 1.37. The van der Waals surface area contributed by atoms with E-state index >= 15 is 0 Å². The number of hydrogen-bond donors (Lipinski definition) is 1. The number of imidazole rings is 1. The fourth-order valence-corrected chi connectivity index (χ4v) is 1.38. The van der Waals surface area contributed by atoms with Crippen molar-refractivity contribution in [3.63, 3.8) is 0 Å². The van der Waals surface area contributed by atoms with Crippen LogP contribution in [0.15, 0.2) is 18.3 Å². The maximum atomic E-state index is 5.59. The molecule has 0 radical (unpaired) electrons. The van der Waals surface area contributed by atoms with Crippen molar-refractivity contribution in [2.45, 2.75) is 26.3 Å². The van der Waals surface area contributed by atoms with Crippen molar-refractivity contribution < 1.29 is 0 Å². The quantitative estimate of drug-likeness (QED) is 0.776. The highest BCUT2D eigenvalue weighted by Crippen LogP contribution is 2.12. The third-order valence-electron chi connectivity index (χ3n) is 2.25. The highest BCUT2D eigenvalue weighted by Gasteiger charge is 2.05. The highest BCUT2D eigenvalue weighted by atomic mass is 15.3. The van der Waals surface area contributed by atoms with Crippen LogP contribution >= 0.6 is 0 Å². The fraction of sp³-hybridized carbons (Fsp3) is 0.400. The van der Waals surface area contributed by atoms with E-state index in [0.717, 1.165) is 17.0 Å². The van der Waals surface area contributed by atoms with Crippen LogP contribution in [0.3, 0.4) is 0 Å². The zero-order chi connectivity index (χ0) is 10.1. The lowest BCUT2D eigenvalue weighted by atomic mass is 10.1. The van der Waals surface area contributed by atoms with Crippen molar-refractivity contribution in [2.24, 2.45) is 5.73 Å². The van der Waals surface area contributed by atoms with E-state index in [-0.39, 0.29) is 0 Å². The SMILES string of the molecule is CC(C)c1ccc2ncc(CN)n2n1. The Hall–Kier alpha value is -1.42. The van der Waals surface area contributed by atoms with Gasteiger partial charge in [0.2, 0.25) is 0 Å². The topological polar surface area (TPSA) is 56.2 Å². The summed E-state index contributed by atoms with van der Waals surface area (Å²) in [5.74, 6) is 0.424. The second-order valence-electron chi connectivity index (χ2n) is 3.64. The summed E-state index contributed by atoms with van der Waals surface area (Å²) in [4.78, 5) is 4.21. The highest BCUT2D eigenvalue weighted by molar-refractivity contribution is 5.39. The van der Waals surface area contributed by atoms with Gasteiger partial charge in [0.25, 0.3) is 0 Å². The predicted octanol–water partition coefficient (Wildman–Crippen LogP) is 1.31. The van der Waals surface area contributed by atoms with Gasteiger partial charge in [-0.15, -0.1) is 0 Å². The first kappa shape index (κ1) is 9.15. The lowest BCUT2D eigenvalue weighted by Gasteiger charge is -2.05. The summed E-state index contributed by atoms with van der Waals surface area (Å²) >= 11 is 0. The van der Waals surface area contributed by atoms with Gasteiger partial charge in [0.1, 0.15) is 0 Å². The fourth-order valence-electron chi connectivity index (χ4n) is 1.38. The molecule has 4 nitrogen and oxygen atoms in total. The molecule has 0 bridgehead atoms. The van der Waals surface area contributed by atoms with E-state index in [9.17, 15) is 0 Å². The molecule has 0 saturated heterocycles. The van der Waals surface area contributed by atoms with E-state index in [1.165, 1.54) is 0 Å². The molecular formula is C10H14N4. The minimum atomic E-state index is 0.424. The van der Waals surface area contributed by atoms with Crippen LogP contribution in [0.5, 0.6) is 0 Å². The first-order chi connectivity index (χ1) is 6.72. The number of nitrogens with two attached hydrogens (primary N) is 1. The monoisotopic (exact) mass is 190 g/mol. The lowest BCUT2D eigenvalue weighted by molar-refractivity contribution is 0.743. The van der Waals surface area contributed by atoms with Crippen molar-refractivity contribution in [2.75, 3.05) is 0 Å². The van der Waals surface area contributed by atoms with Gasteiger partial charge in [-0.05, 0) is 18.1 Å². The zero-order valence-corrected chi connectivity index (χ0v) is 8.44. The molecule has 0 saturated carbocycles. The van der Waals surface area contributed by atoms with E-state index in [2.05, 4.69) is 23.9 Å². The summed E-state index contributed by atoms with van der Waals surface area (Å²) < 4.78 is 1.81. The van der Waals surface area contributed by atoms with Crippen LogP contribution < -0.4 is 5.73 Å². The molecule has 14 heavy (non-hydrogen) atoms. The van der Waals surface area contributed by atoms with E-state index in [0.29, 0.717) is 12.5 Å². The average Bonchev–Trinajstić information content (AvgIpc) is 2.59. The van der Waals surface area contributed by atoms with Crippen LogP contribution in [-0.2, 0) is 6.54 Å². The summed E-state index contributed by atoms with van der Waals surface area (Å²) in [5.41, 5.74) is 8.45. The maximum Gasteiger partial charge on any atom is 0.153 e. The van der Waals surface area contributed by atoms with Gasteiger partial charge >= 0.3 is 0 Å². The van der Waals surface area contributed by atoms with Gasteiger partial charge in [0.05, 0.1) is 17.6 Å². The molecule has 0 fully saturated rings. The number of rotatable bonds is 2. The van der Waals surface area contributed by atoms with Crippen LogP contribution in [0.4, 0.5) is 0 Å². The van der Waals surface area contributed by atoms with Crippen LogP contribution in [0.2, 0.25) is 0 Å². The Morgan fingerprint density at radius 2 is 2.21 bits per heavy atom. The second kappa shape index (κ2) is 3.38. The average molecular weight is 190 g/mol. The molecule has 0 amide bonds. The Morgan fingerprint density at radius 3 is 2.86 bits per heavy atom. The number of aromatic nitrogens is 3. The number of nitrogens with zero attached hydrogens (tertiary/aromatic N) is 3. The number of fused-ring (bicyclic) bond motifs is 1. The molecule has 4 heteroatoms. The molecule has 2 aromatic heterocycles. The lowest BCUT2D eigenvalue weighted by Crippen LogP contribution is -2.06. The Kier molecular flexibility index (Phi) is 2.21. The Labute approximate surface area is 82.8 Å². The zero-order valence-electron chi connectivity index (χ0n) is 8.44. The van der Waals surface area contributed by atoms with Gasteiger partial charge in [-0.3, -0.25) is 0 Å². The molecule has 0 unspecified atom stereocenters. The molecule has 2 aromatic rings. The van der Waals surface area contributed by atoms with Crippen molar-refractivity contribution in [3.8, 4) is 0 Å². The molecule has 0 aliphatic carbocycles. The van der Waals surface area contributed by atoms with Gasteiger partial charge in [-0.1, -0.05) is 13.8 Å². The van der Waals surface area contributed by atoms with Crippen molar-refractivity contribution in [3.05, 3.63) is 29.7 Å². The second-order valence-corrected chi connectivity index (χ2v) is 3.64. The number of hydrogen-bond acceptors (Lipinski definition) is 3.